The van der Waals surface area contributed by atoms with Gasteiger partial charge in [0, 0.05) is 18.7 Å². The molecule has 0 aliphatic rings. The first-order valence-corrected chi connectivity index (χ1v) is 6.23. The van der Waals surface area contributed by atoms with E-state index in [1.807, 2.05) is 0 Å². The average molecular weight is 324 g/mol. The van der Waals surface area contributed by atoms with Crippen molar-refractivity contribution in [3.05, 3.63) is 32.3 Å². The molecule has 1 N–H and O–H groups in total. The third kappa shape index (κ3) is 4.22. The molecular formula is C11H11Cl2NO6. The van der Waals surface area contributed by atoms with Crippen LogP contribution in [0.5, 0.6) is 5.75 Å². The maximum absolute atomic E-state index is 10.9. The van der Waals surface area contributed by atoms with Crippen molar-refractivity contribution in [2.45, 2.75) is 13.0 Å². The number of ether oxygens (including phenoxy) is 2. The Morgan fingerprint density at radius 3 is 2.40 bits per heavy atom. The minimum atomic E-state index is -1.19. The number of non-ortho nitro benzene ring substituents is 1. The largest absolute Gasteiger partial charge is 0.487 e. The van der Waals surface area contributed by atoms with Crippen LogP contribution in [0.2, 0.25) is 10.0 Å². The van der Waals surface area contributed by atoms with Crippen LogP contribution in [0.1, 0.15) is 6.92 Å². The van der Waals surface area contributed by atoms with Crippen molar-refractivity contribution >= 4 is 34.9 Å². The maximum atomic E-state index is 10.9. The van der Waals surface area contributed by atoms with E-state index in [1.165, 1.54) is 0 Å². The third-order valence-electron chi connectivity index (χ3n) is 2.22. The van der Waals surface area contributed by atoms with E-state index in [9.17, 15) is 14.9 Å². The lowest BCUT2D eigenvalue weighted by Gasteiger charge is -2.15. The molecule has 0 bridgehead atoms. The number of nitrogens with zero attached hydrogens (tertiary/aromatic N) is 1. The summed E-state index contributed by atoms with van der Waals surface area (Å²) in [5.74, 6) is -1.22. The summed E-state index contributed by atoms with van der Waals surface area (Å²) in [6.07, 6.45) is -1.18. The number of nitro groups is 1. The lowest BCUT2D eigenvalue weighted by molar-refractivity contribution is -0.384. The van der Waals surface area contributed by atoms with Crippen LogP contribution in [0, 0.1) is 10.1 Å². The van der Waals surface area contributed by atoms with E-state index in [4.69, 9.17) is 37.8 Å². The molecule has 0 spiro atoms. The fourth-order valence-corrected chi connectivity index (χ4v) is 1.93. The van der Waals surface area contributed by atoms with Gasteiger partial charge in [0.15, 0.2) is 11.9 Å². The predicted octanol–water partition coefficient (Wildman–Crippen LogP) is 2.77. The first-order valence-electron chi connectivity index (χ1n) is 5.47. The van der Waals surface area contributed by atoms with E-state index in [0.717, 1.165) is 12.1 Å². The molecule has 0 amide bonds. The summed E-state index contributed by atoms with van der Waals surface area (Å²) in [6, 6.07) is 2.14. The molecule has 1 rings (SSSR count). The van der Waals surface area contributed by atoms with Crippen LogP contribution >= 0.6 is 23.2 Å². The van der Waals surface area contributed by atoms with Crippen molar-refractivity contribution in [3.8, 4) is 5.75 Å². The zero-order valence-electron chi connectivity index (χ0n) is 10.3. The molecule has 1 aromatic carbocycles. The normalized spacial score (nSPS) is 11.9. The third-order valence-corrected chi connectivity index (χ3v) is 2.78. The number of aliphatic carboxylic acids is 1. The Morgan fingerprint density at radius 2 is 2.00 bits per heavy atom. The predicted molar refractivity (Wildman–Crippen MR) is 71.7 cm³/mol. The van der Waals surface area contributed by atoms with Crippen LogP contribution < -0.4 is 4.74 Å². The van der Waals surface area contributed by atoms with Crippen molar-refractivity contribution in [2.75, 3.05) is 13.2 Å². The van der Waals surface area contributed by atoms with Crippen LogP contribution in [0.4, 0.5) is 5.69 Å². The van der Waals surface area contributed by atoms with Gasteiger partial charge in [-0.1, -0.05) is 23.2 Å². The number of nitro benzene ring substituents is 1. The van der Waals surface area contributed by atoms with Gasteiger partial charge < -0.3 is 14.6 Å². The molecule has 7 nitrogen and oxygen atoms in total. The minimum absolute atomic E-state index is 0.0233. The van der Waals surface area contributed by atoms with Crippen LogP contribution in [0.15, 0.2) is 12.1 Å². The first kappa shape index (κ1) is 16.5. The first-order chi connectivity index (χ1) is 9.36. The molecule has 1 unspecified atom stereocenters. The summed E-state index contributed by atoms with van der Waals surface area (Å²) in [5.41, 5.74) is -0.285. The van der Waals surface area contributed by atoms with E-state index in [0.29, 0.717) is 0 Å². The molecule has 1 aromatic rings. The SMILES string of the molecule is CCOC(COc1c(Cl)cc([N+](=O)[O-])cc1Cl)C(=O)O. The fraction of sp³-hybridized carbons (Fsp3) is 0.364. The smallest absolute Gasteiger partial charge is 0.336 e. The maximum Gasteiger partial charge on any atom is 0.336 e. The van der Waals surface area contributed by atoms with Crippen molar-refractivity contribution < 1.29 is 24.3 Å². The lowest BCUT2D eigenvalue weighted by atomic mass is 10.3. The highest BCUT2D eigenvalue weighted by atomic mass is 35.5. The van der Waals surface area contributed by atoms with E-state index >= 15 is 0 Å². The topological polar surface area (TPSA) is 98.9 Å². The second-order valence-electron chi connectivity index (χ2n) is 3.59. The highest BCUT2D eigenvalue weighted by Gasteiger charge is 2.21. The van der Waals surface area contributed by atoms with E-state index in [1.54, 1.807) is 6.92 Å². The van der Waals surface area contributed by atoms with E-state index < -0.39 is 17.0 Å². The van der Waals surface area contributed by atoms with Gasteiger partial charge in [0.05, 0.1) is 15.0 Å². The van der Waals surface area contributed by atoms with Crippen molar-refractivity contribution in [3.63, 3.8) is 0 Å². The number of rotatable bonds is 7. The summed E-state index contributed by atoms with van der Waals surface area (Å²) in [4.78, 5) is 20.8. The average Bonchev–Trinajstić information content (AvgIpc) is 2.35. The molecule has 1 atom stereocenters. The van der Waals surface area contributed by atoms with Gasteiger partial charge in [0.1, 0.15) is 6.61 Å². The standard InChI is InChI=1S/C11H11Cl2NO6/c1-2-19-9(11(15)16)5-20-10-7(12)3-6(14(17)18)4-8(10)13/h3-4,9H,2,5H2,1H3,(H,15,16). The summed E-state index contributed by atoms with van der Waals surface area (Å²) >= 11 is 11.6. The van der Waals surface area contributed by atoms with E-state index in [-0.39, 0.29) is 34.7 Å². The second-order valence-corrected chi connectivity index (χ2v) is 4.40. The summed E-state index contributed by atoms with van der Waals surface area (Å²) in [6.45, 7) is 1.52. The molecule has 0 saturated carbocycles. The van der Waals surface area contributed by atoms with Crippen LogP contribution in [-0.2, 0) is 9.53 Å². The van der Waals surface area contributed by atoms with Gasteiger partial charge in [0.25, 0.3) is 5.69 Å². The highest BCUT2D eigenvalue weighted by Crippen LogP contribution is 2.36. The number of halogens is 2. The summed E-state index contributed by atoms with van der Waals surface area (Å²) in [7, 11) is 0. The molecule has 9 heteroatoms. The highest BCUT2D eigenvalue weighted by molar-refractivity contribution is 6.37. The number of carboxylic acid groups (broad SMARTS) is 1. The molecule has 20 heavy (non-hydrogen) atoms. The van der Waals surface area contributed by atoms with Gasteiger partial charge in [-0.3, -0.25) is 10.1 Å². The monoisotopic (exact) mass is 323 g/mol. The molecular weight excluding hydrogens is 313 g/mol. The summed E-state index contributed by atoms with van der Waals surface area (Å²) < 4.78 is 10.1. The Bertz CT molecular complexity index is 499. The number of hydrogen-bond donors (Lipinski definition) is 1. The minimum Gasteiger partial charge on any atom is -0.487 e. The zero-order valence-corrected chi connectivity index (χ0v) is 11.8. The summed E-state index contributed by atoms with van der Waals surface area (Å²) in [5, 5.41) is 19.3. The molecule has 0 aliphatic carbocycles. The van der Waals surface area contributed by atoms with Gasteiger partial charge in [-0.25, -0.2) is 4.79 Å². The Kier molecular flexibility index (Phi) is 6.00. The Balaban J connectivity index is 2.87. The molecule has 110 valence electrons. The van der Waals surface area contributed by atoms with Crippen LogP contribution in [0.3, 0.4) is 0 Å². The van der Waals surface area contributed by atoms with Gasteiger partial charge in [-0.2, -0.15) is 0 Å². The molecule has 0 aliphatic heterocycles. The quantitative estimate of drug-likeness (QED) is 0.611. The molecule has 0 radical (unpaired) electrons. The van der Waals surface area contributed by atoms with Gasteiger partial charge in [0.2, 0.25) is 0 Å². The van der Waals surface area contributed by atoms with Crippen molar-refractivity contribution in [2.24, 2.45) is 0 Å². The number of carboxylic acids is 1. The fourth-order valence-electron chi connectivity index (χ4n) is 1.34. The number of benzene rings is 1. The van der Waals surface area contributed by atoms with Crippen LogP contribution in [-0.4, -0.2) is 35.3 Å². The Morgan fingerprint density at radius 1 is 1.45 bits per heavy atom. The van der Waals surface area contributed by atoms with Gasteiger partial charge in [-0.05, 0) is 6.92 Å². The van der Waals surface area contributed by atoms with Crippen LogP contribution in [0.25, 0.3) is 0 Å². The number of carbonyl (C=O) groups is 1. The van der Waals surface area contributed by atoms with Gasteiger partial charge in [-0.15, -0.1) is 0 Å². The van der Waals surface area contributed by atoms with E-state index in [2.05, 4.69) is 0 Å². The Labute approximate surface area is 124 Å². The molecule has 0 aromatic heterocycles. The van der Waals surface area contributed by atoms with Crippen molar-refractivity contribution in [1.82, 2.24) is 0 Å². The Hall–Kier alpha value is -1.57. The van der Waals surface area contributed by atoms with Gasteiger partial charge >= 0.3 is 5.97 Å². The number of hydrogen-bond acceptors (Lipinski definition) is 5. The molecule has 0 saturated heterocycles. The molecule has 0 fully saturated rings. The van der Waals surface area contributed by atoms with Crippen molar-refractivity contribution in [1.29, 1.82) is 0 Å². The lowest BCUT2D eigenvalue weighted by Crippen LogP contribution is -2.30. The zero-order chi connectivity index (χ0) is 15.3. The second kappa shape index (κ2) is 7.28. The molecule has 0 heterocycles.